The number of para-hydroxylation sites is 2. The fourth-order valence-electron chi connectivity index (χ4n) is 3.83. The van der Waals surface area contributed by atoms with Crippen LogP contribution in [0.3, 0.4) is 0 Å². The summed E-state index contributed by atoms with van der Waals surface area (Å²) in [5.74, 6) is -5.18. The van der Waals surface area contributed by atoms with E-state index in [1.165, 1.54) is 18.2 Å². The topological polar surface area (TPSA) is 194 Å². The average Bonchev–Trinajstić information content (AvgIpc) is 3.01. The number of rotatable bonds is 9. The molecule has 0 saturated heterocycles. The van der Waals surface area contributed by atoms with E-state index in [1.54, 1.807) is 6.07 Å². The number of aliphatic hydroxyl groups is 1. The molecule has 3 rings (SSSR count). The second-order valence-electron chi connectivity index (χ2n) is 8.30. The Morgan fingerprint density at radius 3 is 2.28 bits per heavy atom. The number of anilines is 2. The number of carboxylic acid groups (broad SMARTS) is 1. The molecule has 5 N–H and O–H groups in total. The summed E-state index contributed by atoms with van der Waals surface area (Å²) in [6.07, 6.45) is -0.447. The van der Waals surface area contributed by atoms with Crippen LogP contribution in [-0.2, 0) is 24.0 Å². The standard InChI is InChI=1S/C24H22Cl2N4O9/c25-14-5-12(6-15(26)22(14)37)23(38)28-16-8-29(20(34)11-32)17-3-1-2-4-18(17)30(24(16)39)9-19(33)27-13(10-31)7-21(35)36/h1-6,10,13,16,32,37H,7-9,11H2,(H,27,33)(H,28,38)(H,35,36)/t13-,16-/m0/s1. The molecule has 0 bridgehead atoms. The van der Waals surface area contributed by atoms with Gasteiger partial charge in [-0.2, -0.15) is 0 Å². The van der Waals surface area contributed by atoms with E-state index in [-0.39, 0.29) is 33.3 Å². The highest BCUT2D eigenvalue weighted by molar-refractivity contribution is 6.37. The van der Waals surface area contributed by atoms with Gasteiger partial charge in [0.2, 0.25) is 5.91 Å². The van der Waals surface area contributed by atoms with E-state index in [4.69, 9.17) is 28.3 Å². The van der Waals surface area contributed by atoms with Crippen molar-refractivity contribution in [3.63, 3.8) is 0 Å². The van der Waals surface area contributed by atoms with Crippen molar-refractivity contribution >= 4 is 70.5 Å². The summed E-state index contributed by atoms with van der Waals surface area (Å²) in [5, 5.41) is 32.4. The van der Waals surface area contributed by atoms with Crippen molar-refractivity contribution in [1.82, 2.24) is 10.6 Å². The molecule has 2 aromatic carbocycles. The average molecular weight is 581 g/mol. The number of aromatic hydroxyl groups is 1. The predicted octanol–water partition coefficient (Wildman–Crippen LogP) is 0.328. The van der Waals surface area contributed by atoms with Crippen LogP contribution < -0.4 is 20.4 Å². The van der Waals surface area contributed by atoms with Gasteiger partial charge in [0.25, 0.3) is 17.7 Å². The van der Waals surface area contributed by atoms with Crippen LogP contribution in [0.1, 0.15) is 16.8 Å². The fraction of sp³-hybridized carbons (Fsp3) is 0.250. The van der Waals surface area contributed by atoms with Gasteiger partial charge in [0, 0.05) is 5.56 Å². The van der Waals surface area contributed by atoms with Crippen molar-refractivity contribution in [2.45, 2.75) is 18.5 Å². The van der Waals surface area contributed by atoms with Crippen LogP contribution in [-0.4, -0.2) is 83.0 Å². The molecule has 13 nitrogen and oxygen atoms in total. The van der Waals surface area contributed by atoms with E-state index in [1.807, 2.05) is 0 Å². The summed E-state index contributed by atoms with van der Waals surface area (Å²) in [7, 11) is 0. The number of aldehydes is 1. The molecule has 1 aliphatic rings. The Morgan fingerprint density at radius 1 is 1.10 bits per heavy atom. The van der Waals surface area contributed by atoms with Gasteiger partial charge < -0.3 is 35.6 Å². The number of carbonyl (C=O) groups excluding carboxylic acids is 5. The van der Waals surface area contributed by atoms with Gasteiger partial charge in [-0.3, -0.25) is 28.9 Å². The zero-order valence-corrected chi connectivity index (χ0v) is 21.5. The first-order chi connectivity index (χ1) is 18.5. The van der Waals surface area contributed by atoms with E-state index in [0.717, 1.165) is 21.9 Å². The molecular formula is C24H22Cl2N4O9. The molecule has 1 heterocycles. The first-order valence-electron chi connectivity index (χ1n) is 11.2. The van der Waals surface area contributed by atoms with Crippen molar-refractivity contribution in [2.75, 3.05) is 29.5 Å². The molecule has 0 unspecified atom stereocenters. The third-order valence-electron chi connectivity index (χ3n) is 5.62. The number of phenols is 1. The Hall–Kier alpha value is -4.20. The normalized spacial score (nSPS) is 15.6. The molecule has 0 radical (unpaired) electrons. The predicted molar refractivity (Wildman–Crippen MR) is 138 cm³/mol. The van der Waals surface area contributed by atoms with Gasteiger partial charge in [0.05, 0.1) is 40.4 Å². The Balaban J connectivity index is 1.98. The summed E-state index contributed by atoms with van der Waals surface area (Å²) in [4.78, 5) is 76.2. The fourth-order valence-corrected chi connectivity index (χ4v) is 4.32. The zero-order chi connectivity index (χ0) is 28.9. The van der Waals surface area contributed by atoms with Gasteiger partial charge in [-0.05, 0) is 24.3 Å². The highest BCUT2D eigenvalue weighted by Crippen LogP contribution is 2.34. The number of halogens is 2. The third-order valence-corrected chi connectivity index (χ3v) is 6.20. The number of phenolic OH excluding ortho intramolecular Hbond substituents is 1. The van der Waals surface area contributed by atoms with Crippen molar-refractivity contribution in [3.8, 4) is 5.75 Å². The molecule has 0 saturated carbocycles. The molecule has 1 aliphatic heterocycles. The van der Waals surface area contributed by atoms with Gasteiger partial charge in [-0.1, -0.05) is 35.3 Å². The second-order valence-corrected chi connectivity index (χ2v) is 9.11. The maximum atomic E-state index is 13.7. The van der Waals surface area contributed by atoms with Gasteiger partial charge in [0.1, 0.15) is 25.5 Å². The van der Waals surface area contributed by atoms with Gasteiger partial charge in [-0.25, -0.2) is 0 Å². The number of aliphatic carboxylic acids is 1. The van der Waals surface area contributed by atoms with Gasteiger partial charge in [0.15, 0.2) is 5.75 Å². The molecule has 0 fully saturated rings. The molecule has 0 spiro atoms. The number of aliphatic hydroxyl groups excluding tert-OH is 1. The van der Waals surface area contributed by atoms with E-state index < -0.39 is 73.5 Å². The van der Waals surface area contributed by atoms with Gasteiger partial charge >= 0.3 is 5.97 Å². The minimum atomic E-state index is -1.46. The number of amides is 4. The number of benzene rings is 2. The lowest BCUT2D eigenvalue weighted by Gasteiger charge is -2.25. The third kappa shape index (κ3) is 6.82. The van der Waals surface area contributed by atoms with E-state index >= 15 is 0 Å². The highest BCUT2D eigenvalue weighted by Gasteiger charge is 2.38. The van der Waals surface area contributed by atoms with Crippen LogP contribution in [0, 0.1) is 0 Å². The number of hydrogen-bond donors (Lipinski definition) is 5. The number of hydrogen-bond acceptors (Lipinski definition) is 8. The number of fused-ring (bicyclic) bond motifs is 1. The summed E-state index contributed by atoms with van der Waals surface area (Å²) in [6, 6.07) is 5.36. The molecule has 15 heteroatoms. The summed E-state index contributed by atoms with van der Waals surface area (Å²) < 4.78 is 0. The molecule has 4 amide bonds. The Kier molecular flexibility index (Phi) is 9.46. The smallest absolute Gasteiger partial charge is 0.305 e. The lowest BCUT2D eigenvalue weighted by Crippen LogP contribution is -2.55. The molecule has 206 valence electrons. The summed E-state index contributed by atoms with van der Waals surface area (Å²) in [5.41, 5.74) is 0.0969. The van der Waals surface area contributed by atoms with Crippen LogP contribution in [0.2, 0.25) is 10.0 Å². The van der Waals surface area contributed by atoms with Crippen molar-refractivity contribution < 1.29 is 44.1 Å². The molecule has 2 atom stereocenters. The number of nitrogens with one attached hydrogen (secondary N) is 2. The lowest BCUT2D eigenvalue weighted by molar-refractivity contribution is -0.139. The number of carbonyl (C=O) groups is 6. The van der Waals surface area contributed by atoms with Crippen LogP contribution in [0.5, 0.6) is 5.75 Å². The molecular weight excluding hydrogens is 559 g/mol. The summed E-state index contributed by atoms with van der Waals surface area (Å²) >= 11 is 11.8. The zero-order valence-electron chi connectivity index (χ0n) is 20.0. The van der Waals surface area contributed by atoms with E-state index in [9.17, 15) is 39.0 Å². The number of nitrogens with zero attached hydrogens (tertiary/aromatic N) is 2. The number of carboxylic acids is 1. The molecule has 2 aromatic rings. The minimum absolute atomic E-state index is 0.0767. The largest absolute Gasteiger partial charge is 0.505 e. The van der Waals surface area contributed by atoms with Crippen LogP contribution in [0.15, 0.2) is 36.4 Å². The van der Waals surface area contributed by atoms with Crippen molar-refractivity contribution in [2.24, 2.45) is 0 Å². The van der Waals surface area contributed by atoms with Crippen LogP contribution in [0.4, 0.5) is 11.4 Å². The first-order valence-corrected chi connectivity index (χ1v) is 12.0. The SMILES string of the molecule is O=C[C@H](CC(=O)O)NC(=O)CN1C(=O)[C@@H](NC(=O)c2cc(Cl)c(O)c(Cl)c2)CN(C(=O)CO)c2ccccc21. The second kappa shape index (κ2) is 12.6. The van der Waals surface area contributed by atoms with Crippen LogP contribution in [0.25, 0.3) is 0 Å². The Bertz CT molecular complexity index is 1310. The monoisotopic (exact) mass is 580 g/mol. The first kappa shape index (κ1) is 29.4. The van der Waals surface area contributed by atoms with E-state index in [0.29, 0.717) is 0 Å². The molecule has 0 aromatic heterocycles. The Morgan fingerprint density at radius 2 is 1.72 bits per heavy atom. The van der Waals surface area contributed by atoms with Crippen LogP contribution >= 0.6 is 23.2 Å². The van der Waals surface area contributed by atoms with E-state index in [2.05, 4.69) is 10.6 Å². The summed E-state index contributed by atoms with van der Waals surface area (Å²) in [6.45, 7) is -2.07. The van der Waals surface area contributed by atoms with Crippen molar-refractivity contribution in [3.05, 3.63) is 52.0 Å². The van der Waals surface area contributed by atoms with Crippen molar-refractivity contribution in [1.29, 1.82) is 0 Å². The quantitative estimate of drug-likeness (QED) is 0.260. The molecule has 39 heavy (non-hydrogen) atoms. The Labute approximate surface area is 230 Å². The molecule has 0 aliphatic carbocycles. The minimum Gasteiger partial charge on any atom is -0.505 e. The maximum absolute atomic E-state index is 13.7. The maximum Gasteiger partial charge on any atom is 0.305 e. The van der Waals surface area contributed by atoms with Gasteiger partial charge in [-0.15, -0.1) is 0 Å². The lowest BCUT2D eigenvalue weighted by atomic mass is 10.1. The highest BCUT2D eigenvalue weighted by atomic mass is 35.5.